The summed E-state index contributed by atoms with van der Waals surface area (Å²) in [5, 5.41) is 2.47. The molecular weight excluding hydrogens is 207 g/mol. The van der Waals surface area contributed by atoms with Gasteiger partial charge in [-0.3, -0.25) is 4.79 Å². The molecule has 0 bridgehead atoms. The van der Waals surface area contributed by atoms with Crippen molar-refractivity contribution in [2.24, 2.45) is 5.92 Å². The van der Waals surface area contributed by atoms with Crippen molar-refractivity contribution < 1.29 is 18.0 Å². The Balaban J connectivity index is 2.36. The Bertz CT molecular complexity index is 227. The van der Waals surface area contributed by atoms with Gasteiger partial charge in [0.2, 0.25) is 5.91 Å². The van der Waals surface area contributed by atoms with Gasteiger partial charge in [-0.2, -0.15) is 13.2 Å². The van der Waals surface area contributed by atoms with Crippen LogP contribution >= 0.6 is 0 Å². The van der Waals surface area contributed by atoms with Gasteiger partial charge in [-0.15, -0.1) is 0 Å². The van der Waals surface area contributed by atoms with Crippen molar-refractivity contribution in [3.63, 3.8) is 0 Å². The monoisotopic (exact) mass is 223 g/mol. The molecule has 0 spiro atoms. The molecule has 15 heavy (non-hydrogen) atoms. The zero-order valence-electron chi connectivity index (χ0n) is 8.73. The van der Waals surface area contributed by atoms with E-state index in [1.54, 1.807) is 0 Å². The minimum Gasteiger partial charge on any atom is -0.353 e. The van der Waals surface area contributed by atoms with Crippen molar-refractivity contribution in [3.8, 4) is 0 Å². The number of hydrogen-bond acceptors (Lipinski definition) is 1. The average Bonchev–Trinajstić information content (AvgIpc) is 2.05. The van der Waals surface area contributed by atoms with E-state index in [2.05, 4.69) is 5.32 Å². The van der Waals surface area contributed by atoms with Crippen LogP contribution in [0.2, 0.25) is 0 Å². The first-order chi connectivity index (χ1) is 6.88. The van der Waals surface area contributed by atoms with Crippen LogP contribution in [0.15, 0.2) is 0 Å². The SMILES string of the molecule is C[C@@H]1CCCC[C@H]1NC(=O)CC(F)(F)F. The Morgan fingerprint density at radius 3 is 2.47 bits per heavy atom. The first kappa shape index (κ1) is 12.3. The van der Waals surface area contributed by atoms with E-state index in [0.29, 0.717) is 0 Å². The summed E-state index contributed by atoms with van der Waals surface area (Å²) in [6.45, 7) is 1.97. The fraction of sp³-hybridized carbons (Fsp3) is 0.900. The van der Waals surface area contributed by atoms with Crippen LogP contribution in [0.25, 0.3) is 0 Å². The van der Waals surface area contributed by atoms with Crippen LogP contribution in [0.4, 0.5) is 13.2 Å². The largest absolute Gasteiger partial charge is 0.397 e. The molecule has 1 fully saturated rings. The minimum atomic E-state index is -4.40. The van der Waals surface area contributed by atoms with E-state index in [0.717, 1.165) is 25.7 Å². The normalized spacial score (nSPS) is 27.5. The highest BCUT2D eigenvalue weighted by Gasteiger charge is 2.33. The van der Waals surface area contributed by atoms with Crippen molar-refractivity contribution in [2.75, 3.05) is 0 Å². The lowest BCUT2D eigenvalue weighted by molar-refractivity contribution is -0.154. The van der Waals surface area contributed by atoms with Gasteiger partial charge in [-0.05, 0) is 18.8 Å². The van der Waals surface area contributed by atoms with Crippen LogP contribution in [0.5, 0.6) is 0 Å². The number of alkyl halides is 3. The molecule has 0 unspecified atom stereocenters. The van der Waals surface area contributed by atoms with Gasteiger partial charge in [0.25, 0.3) is 0 Å². The zero-order valence-corrected chi connectivity index (χ0v) is 8.73. The Morgan fingerprint density at radius 1 is 1.33 bits per heavy atom. The van der Waals surface area contributed by atoms with E-state index in [4.69, 9.17) is 0 Å². The molecule has 88 valence electrons. The highest BCUT2D eigenvalue weighted by molar-refractivity contribution is 5.76. The molecule has 1 aliphatic rings. The van der Waals surface area contributed by atoms with Gasteiger partial charge in [-0.1, -0.05) is 19.8 Å². The second-order valence-electron chi connectivity index (χ2n) is 4.23. The summed E-state index contributed by atoms with van der Waals surface area (Å²) in [5.74, 6) is -0.614. The Kier molecular flexibility index (Phi) is 3.99. The van der Waals surface area contributed by atoms with Crippen molar-refractivity contribution in [2.45, 2.75) is 51.2 Å². The number of halogens is 3. The van der Waals surface area contributed by atoms with Crippen molar-refractivity contribution in [3.05, 3.63) is 0 Å². The van der Waals surface area contributed by atoms with Crippen molar-refractivity contribution in [1.29, 1.82) is 0 Å². The van der Waals surface area contributed by atoms with Crippen molar-refractivity contribution >= 4 is 5.91 Å². The van der Waals surface area contributed by atoms with Gasteiger partial charge in [0.1, 0.15) is 6.42 Å². The highest BCUT2D eigenvalue weighted by atomic mass is 19.4. The van der Waals surface area contributed by atoms with Crippen LogP contribution in [0.3, 0.4) is 0 Å². The molecule has 1 N–H and O–H groups in total. The zero-order chi connectivity index (χ0) is 11.5. The standard InChI is InChI=1S/C10H16F3NO/c1-7-4-2-3-5-8(7)14-9(15)6-10(11,12)13/h7-8H,2-6H2,1H3,(H,14,15)/t7-,8-/m1/s1. The predicted octanol–water partition coefficient (Wildman–Crippen LogP) is 2.63. The predicted molar refractivity (Wildman–Crippen MR) is 50.2 cm³/mol. The van der Waals surface area contributed by atoms with E-state index in [-0.39, 0.29) is 12.0 Å². The molecular formula is C10H16F3NO. The first-order valence-corrected chi connectivity index (χ1v) is 5.24. The number of hydrogen-bond donors (Lipinski definition) is 1. The Hall–Kier alpha value is -0.740. The number of rotatable bonds is 2. The summed E-state index contributed by atoms with van der Waals surface area (Å²) in [4.78, 5) is 11.0. The summed E-state index contributed by atoms with van der Waals surface area (Å²) in [5.41, 5.74) is 0. The highest BCUT2D eigenvalue weighted by Crippen LogP contribution is 2.25. The van der Waals surface area contributed by atoms with Crippen LogP contribution in [0, 0.1) is 5.92 Å². The molecule has 1 amide bonds. The third-order valence-corrected chi connectivity index (χ3v) is 2.82. The van der Waals surface area contributed by atoms with E-state index in [9.17, 15) is 18.0 Å². The maximum absolute atomic E-state index is 11.9. The lowest BCUT2D eigenvalue weighted by Gasteiger charge is -2.29. The molecule has 2 atom stereocenters. The van der Waals surface area contributed by atoms with E-state index in [1.807, 2.05) is 6.92 Å². The van der Waals surface area contributed by atoms with Crippen LogP contribution in [0.1, 0.15) is 39.0 Å². The summed E-state index contributed by atoms with van der Waals surface area (Å²) in [7, 11) is 0. The fourth-order valence-electron chi connectivity index (χ4n) is 1.97. The van der Waals surface area contributed by atoms with Crippen molar-refractivity contribution in [1.82, 2.24) is 5.32 Å². The van der Waals surface area contributed by atoms with E-state index >= 15 is 0 Å². The van der Waals surface area contributed by atoms with Gasteiger partial charge in [0.05, 0.1) is 0 Å². The van der Waals surface area contributed by atoms with Crippen LogP contribution in [-0.2, 0) is 4.79 Å². The lowest BCUT2D eigenvalue weighted by Crippen LogP contribution is -2.42. The van der Waals surface area contributed by atoms with Gasteiger partial charge in [0, 0.05) is 6.04 Å². The summed E-state index contributed by atoms with van der Waals surface area (Å²) in [6, 6.07) is -0.0754. The molecule has 0 aromatic rings. The molecule has 5 heteroatoms. The van der Waals surface area contributed by atoms with Gasteiger partial charge in [-0.25, -0.2) is 0 Å². The van der Waals surface area contributed by atoms with Gasteiger partial charge in [0.15, 0.2) is 0 Å². The molecule has 2 nitrogen and oxygen atoms in total. The Labute approximate surface area is 87.2 Å². The van der Waals surface area contributed by atoms with Gasteiger partial charge >= 0.3 is 6.18 Å². The fourth-order valence-corrected chi connectivity index (χ4v) is 1.97. The molecule has 1 rings (SSSR count). The average molecular weight is 223 g/mol. The number of amides is 1. The molecule has 1 aliphatic carbocycles. The lowest BCUT2D eigenvalue weighted by atomic mass is 9.86. The molecule has 0 aromatic carbocycles. The quantitative estimate of drug-likeness (QED) is 0.766. The first-order valence-electron chi connectivity index (χ1n) is 5.24. The maximum Gasteiger partial charge on any atom is 0.397 e. The number of carbonyl (C=O) groups is 1. The molecule has 1 saturated carbocycles. The third-order valence-electron chi connectivity index (χ3n) is 2.82. The van der Waals surface area contributed by atoms with Crippen LogP contribution < -0.4 is 5.32 Å². The van der Waals surface area contributed by atoms with E-state index < -0.39 is 18.5 Å². The summed E-state index contributed by atoms with van der Waals surface area (Å²) in [6.07, 6.45) is -1.89. The van der Waals surface area contributed by atoms with Crippen LogP contribution in [-0.4, -0.2) is 18.1 Å². The van der Waals surface area contributed by atoms with E-state index in [1.165, 1.54) is 0 Å². The second-order valence-corrected chi connectivity index (χ2v) is 4.23. The molecule has 0 aromatic heterocycles. The molecule has 0 heterocycles. The topological polar surface area (TPSA) is 29.1 Å². The molecule has 0 radical (unpaired) electrons. The summed E-state index contributed by atoms with van der Waals surface area (Å²) < 4.78 is 35.7. The van der Waals surface area contributed by atoms with Gasteiger partial charge < -0.3 is 5.32 Å². The Morgan fingerprint density at radius 2 is 1.93 bits per heavy atom. The smallest absolute Gasteiger partial charge is 0.353 e. The minimum absolute atomic E-state index is 0.0754. The third kappa shape index (κ3) is 4.53. The molecule has 0 aliphatic heterocycles. The summed E-state index contributed by atoms with van der Waals surface area (Å²) >= 11 is 0. The second kappa shape index (κ2) is 4.86. The maximum atomic E-state index is 11.9. The number of carbonyl (C=O) groups excluding carboxylic acids is 1. The molecule has 0 saturated heterocycles. The number of nitrogens with one attached hydrogen (secondary N) is 1.